The number of carbonyl (C=O) groups is 1. The van der Waals surface area contributed by atoms with E-state index >= 15 is 0 Å². The van der Waals surface area contributed by atoms with E-state index in [4.69, 9.17) is 5.73 Å². The molecular weight excluding hydrogens is 262 g/mol. The largest absolute Gasteiger partial charge is 0.333 e. The van der Waals surface area contributed by atoms with Crippen molar-refractivity contribution in [3.63, 3.8) is 0 Å². The fraction of sp³-hybridized carbons (Fsp3) is 0.941. The Kier molecular flexibility index (Phi) is 4.17. The Morgan fingerprint density at radius 2 is 1.76 bits per heavy atom. The van der Waals surface area contributed by atoms with Crippen molar-refractivity contribution in [2.24, 2.45) is 29.4 Å². The molecule has 0 aromatic rings. The molecule has 4 bridgehead atoms. The van der Waals surface area contributed by atoms with Crippen LogP contribution in [-0.4, -0.2) is 36.1 Å². The van der Waals surface area contributed by atoms with Crippen LogP contribution in [0.3, 0.4) is 0 Å². The molecule has 1 unspecified atom stereocenters. The number of nitrogens with zero attached hydrogens (tertiary/aromatic N) is 1. The zero-order chi connectivity index (χ0) is 15.0. The van der Waals surface area contributed by atoms with Gasteiger partial charge in [0.1, 0.15) is 0 Å². The first-order chi connectivity index (χ1) is 10.0. The zero-order valence-electron chi connectivity index (χ0n) is 13.6. The molecule has 2 amide bonds. The van der Waals surface area contributed by atoms with Crippen LogP contribution in [0, 0.1) is 23.7 Å². The lowest BCUT2D eigenvalue weighted by Gasteiger charge is -2.57. The van der Waals surface area contributed by atoms with Crippen molar-refractivity contribution in [3.05, 3.63) is 0 Å². The molecule has 1 atom stereocenters. The fourth-order valence-corrected chi connectivity index (χ4v) is 5.38. The van der Waals surface area contributed by atoms with Gasteiger partial charge in [0.2, 0.25) is 0 Å². The molecule has 4 heteroatoms. The highest BCUT2D eigenvalue weighted by atomic mass is 16.2. The Morgan fingerprint density at radius 3 is 2.19 bits per heavy atom. The lowest BCUT2D eigenvalue weighted by Crippen LogP contribution is -2.62. The Balaban J connectivity index is 1.63. The molecule has 0 aromatic heterocycles. The molecule has 21 heavy (non-hydrogen) atoms. The fourth-order valence-electron chi connectivity index (χ4n) is 5.38. The second-order valence-electron chi connectivity index (χ2n) is 8.01. The van der Waals surface area contributed by atoms with Gasteiger partial charge in [0.15, 0.2) is 0 Å². The first kappa shape index (κ1) is 15.1. The van der Waals surface area contributed by atoms with Gasteiger partial charge in [-0.15, -0.1) is 0 Å². The molecular formula is C17H31N3O. The minimum absolute atomic E-state index is 0.116. The third-order valence-electron chi connectivity index (χ3n) is 6.01. The SMILES string of the molecule is CCN(CC(C)CN)C(=O)NC12CC3CC(CC(C3)C1)C2. The summed E-state index contributed by atoms with van der Waals surface area (Å²) in [5, 5.41) is 3.45. The van der Waals surface area contributed by atoms with E-state index in [-0.39, 0.29) is 11.6 Å². The summed E-state index contributed by atoms with van der Waals surface area (Å²) in [6.45, 7) is 6.35. The van der Waals surface area contributed by atoms with Gasteiger partial charge >= 0.3 is 6.03 Å². The molecule has 4 aliphatic carbocycles. The summed E-state index contributed by atoms with van der Waals surface area (Å²) in [6.07, 6.45) is 7.89. The number of nitrogens with two attached hydrogens (primary N) is 1. The van der Waals surface area contributed by atoms with Gasteiger partial charge in [0.05, 0.1) is 0 Å². The summed E-state index contributed by atoms with van der Waals surface area (Å²) >= 11 is 0. The molecule has 0 spiro atoms. The monoisotopic (exact) mass is 293 g/mol. The molecule has 4 aliphatic rings. The molecule has 0 aromatic carbocycles. The Bertz CT molecular complexity index is 360. The Hall–Kier alpha value is -0.770. The lowest BCUT2D eigenvalue weighted by molar-refractivity contribution is -0.0157. The molecule has 0 saturated heterocycles. The first-order valence-electron chi connectivity index (χ1n) is 8.80. The highest BCUT2D eigenvalue weighted by Gasteiger charge is 2.51. The van der Waals surface area contributed by atoms with Crippen molar-refractivity contribution in [2.45, 2.75) is 57.9 Å². The van der Waals surface area contributed by atoms with Gasteiger partial charge in [0.25, 0.3) is 0 Å². The maximum absolute atomic E-state index is 12.7. The van der Waals surface area contributed by atoms with Gasteiger partial charge in [-0.3, -0.25) is 0 Å². The van der Waals surface area contributed by atoms with Crippen LogP contribution in [-0.2, 0) is 0 Å². The summed E-state index contributed by atoms with van der Waals surface area (Å²) in [5.74, 6) is 2.98. The van der Waals surface area contributed by atoms with E-state index < -0.39 is 0 Å². The maximum Gasteiger partial charge on any atom is 0.317 e. The van der Waals surface area contributed by atoms with Gasteiger partial charge in [0, 0.05) is 18.6 Å². The normalized spacial score (nSPS) is 38.3. The van der Waals surface area contributed by atoms with Crippen molar-refractivity contribution in [2.75, 3.05) is 19.6 Å². The quantitative estimate of drug-likeness (QED) is 0.818. The average Bonchev–Trinajstić information content (AvgIpc) is 2.42. The van der Waals surface area contributed by atoms with Gasteiger partial charge in [-0.1, -0.05) is 6.92 Å². The van der Waals surface area contributed by atoms with Crippen LogP contribution < -0.4 is 11.1 Å². The Morgan fingerprint density at radius 1 is 1.24 bits per heavy atom. The number of hydrogen-bond donors (Lipinski definition) is 2. The summed E-state index contributed by atoms with van der Waals surface area (Å²) in [5.41, 5.74) is 5.82. The van der Waals surface area contributed by atoms with Gasteiger partial charge in [-0.05, 0) is 75.7 Å². The average molecular weight is 293 g/mol. The molecule has 120 valence electrons. The number of hydrogen-bond acceptors (Lipinski definition) is 2. The topological polar surface area (TPSA) is 58.4 Å². The predicted molar refractivity (Wildman–Crippen MR) is 84.9 cm³/mol. The van der Waals surface area contributed by atoms with Crippen molar-refractivity contribution in [1.82, 2.24) is 10.2 Å². The molecule has 4 nitrogen and oxygen atoms in total. The summed E-state index contributed by atoms with van der Waals surface area (Å²) in [4.78, 5) is 14.6. The Labute approximate surface area is 128 Å². The lowest BCUT2D eigenvalue weighted by atomic mass is 9.53. The van der Waals surface area contributed by atoms with Crippen LogP contribution in [0.25, 0.3) is 0 Å². The molecule has 0 heterocycles. The van der Waals surface area contributed by atoms with E-state index in [1.165, 1.54) is 38.5 Å². The van der Waals surface area contributed by atoms with Crippen LogP contribution >= 0.6 is 0 Å². The molecule has 4 fully saturated rings. The second kappa shape index (κ2) is 5.79. The molecule has 3 N–H and O–H groups in total. The van der Waals surface area contributed by atoms with Gasteiger partial charge in [-0.2, -0.15) is 0 Å². The van der Waals surface area contributed by atoms with E-state index in [9.17, 15) is 4.79 Å². The highest BCUT2D eigenvalue weighted by molar-refractivity contribution is 5.75. The summed E-state index contributed by atoms with van der Waals surface area (Å²) < 4.78 is 0. The van der Waals surface area contributed by atoms with E-state index in [0.29, 0.717) is 12.5 Å². The number of amides is 2. The minimum atomic E-state index is 0.116. The predicted octanol–water partition coefficient (Wildman–Crippen LogP) is 2.58. The van der Waals surface area contributed by atoms with Crippen LogP contribution in [0.2, 0.25) is 0 Å². The van der Waals surface area contributed by atoms with Crippen molar-refractivity contribution in [3.8, 4) is 0 Å². The number of carbonyl (C=O) groups excluding carboxylic acids is 1. The van der Waals surface area contributed by atoms with Crippen LogP contribution in [0.5, 0.6) is 0 Å². The second-order valence-corrected chi connectivity index (χ2v) is 8.01. The van der Waals surface area contributed by atoms with Crippen molar-refractivity contribution >= 4 is 6.03 Å². The molecule has 4 saturated carbocycles. The smallest absolute Gasteiger partial charge is 0.317 e. The van der Waals surface area contributed by atoms with E-state index in [1.807, 2.05) is 4.90 Å². The first-order valence-corrected chi connectivity index (χ1v) is 8.80. The van der Waals surface area contributed by atoms with E-state index in [0.717, 1.165) is 30.8 Å². The minimum Gasteiger partial charge on any atom is -0.333 e. The summed E-state index contributed by atoms with van der Waals surface area (Å²) in [7, 11) is 0. The number of urea groups is 1. The zero-order valence-corrected chi connectivity index (χ0v) is 13.6. The molecule has 0 radical (unpaired) electrons. The van der Waals surface area contributed by atoms with Crippen LogP contribution in [0.4, 0.5) is 4.79 Å². The summed E-state index contributed by atoms with van der Waals surface area (Å²) in [6, 6.07) is 0.139. The van der Waals surface area contributed by atoms with Crippen LogP contribution in [0.1, 0.15) is 52.4 Å². The third kappa shape index (κ3) is 3.05. The standard InChI is InChI=1S/C17H31N3O/c1-3-20(11-12(2)10-18)16(21)19-17-7-13-4-14(8-17)6-15(5-13)9-17/h12-15H,3-11,18H2,1-2H3,(H,19,21). The molecule has 0 aliphatic heterocycles. The van der Waals surface area contributed by atoms with Crippen molar-refractivity contribution in [1.29, 1.82) is 0 Å². The van der Waals surface area contributed by atoms with Crippen LogP contribution in [0.15, 0.2) is 0 Å². The maximum atomic E-state index is 12.7. The number of nitrogens with one attached hydrogen (secondary N) is 1. The molecule has 4 rings (SSSR count). The van der Waals surface area contributed by atoms with Gasteiger partial charge < -0.3 is 16.0 Å². The van der Waals surface area contributed by atoms with Gasteiger partial charge in [-0.25, -0.2) is 4.79 Å². The van der Waals surface area contributed by atoms with Crippen molar-refractivity contribution < 1.29 is 4.79 Å². The van der Waals surface area contributed by atoms with E-state index in [2.05, 4.69) is 19.2 Å². The highest BCUT2D eigenvalue weighted by Crippen LogP contribution is 2.55. The number of rotatable bonds is 5. The third-order valence-corrected chi connectivity index (χ3v) is 6.01. The van der Waals surface area contributed by atoms with E-state index in [1.54, 1.807) is 0 Å².